The number of esters is 1. The zero-order chi connectivity index (χ0) is 34.4. The van der Waals surface area contributed by atoms with Gasteiger partial charge in [0.1, 0.15) is 18.4 Å². The summed E-state index contributed by atoms with van der Waals surface area (Å²) < 4.78 is 41.2. The van der Waals surface area contributed by atoms with Crippen LogP contribution in [-0.2, 0) is 25.5 Å². The van der Waals surface area contributed by atoms with Crippen molar-refractivity contribution in [2.75, 3.05) is 47.2 Å². The van der Waals surface area contributed by atoms with Crippen LogP contribution in [0.1, 0.15) is 64.6 Å². The van der Waals surface area contributed by atoms with Gasteiger partial charge in [0.2, 0.25) is 6.79 Å². The van der Waals surface area contributed by atoms with E-state index in [1.165, 1.54) is 6.92 Å². The Morgan fingerprint density at radius 1 is 1.19 bits per heavy atom. The van der Waals surface area contributed by atoms with Crippen LogP contribution in [0.4, 0.5) is 0 Å². The molecule has 48 heavy (non-hydrogen) atoms. The lowest BCUT2D eigenvalue weighted by Gasteiger charge is -2.61. The van der Waals surface area contributed by atoms with E-state index in [1.807, 2.05) is 27.8 Å². The molecular weight excluding hydrogens is 640 g/mol. The van der Waals surface area contributed by atoms with Crippen LogP contribution in [0.5, 0.6) is 28.7 Å². The summed E-state index contributed by atoms with van der Waals surface area (Å²) in [6.07, 6.45) is 0.564. The minimum atomic E-state index is -0.645. The molecule has 4 aliphatic heterocycles. The van der Waals surface area contributed by atoms with Gasteiger partial charge in [-0.25, -0.2) is 0 Å². The van der Waals surface area contributed by atoms with Gasteiger partial charge < -0.3 is 38.9 Å². The number of carbonyl (C=O) groups is 2. The molecule has 0 saturated carbocycles. The van der Waals surface area contributed by atoms with Crippen LogP contribution in [-0.4, -0.2) is 93.6 Å². The number of likely N-dealkylation sites (N-methyl/N-ethyl adjacent to an activating group) is 1. The van der Waals surface area contributed by atoms with Crippen LogP contribution in [0.25, 0.3) is 0 Å². The molecule has 0 spiro atoms. The van der Waals surface area contributed by atoms with Crippen LogP contribution in [0, 0.1) is 25.2 Å². The van der Waals surface area contributed by atoms with Gasteiger partial charge in [0, 0.05) is 60.2 Å². The molecule has 0 radical (unpaired) electrons. The molecule has 0 aromatic heterocycles. The number of hydrogen-bond donors (Lipinski definition) is 1. The fourth-order valence-electron chi connectivity index (χ4n) is 8.06. The van der Waals surface area contributed by atoms with Crippen molar-refractivity contribution < 1.29 is 42.7 Å². The molecule has 0 amide bonds. The molecule has 1 saturated heterocycles. The number of fused-ring (bicyclic) bond motifs is 9. The second-order valence-electron chi connectivity index (χ2n) is 12.7. The molecule has 258 valence electrons. The number of ether oxygens (including phenoxy) is 7. The number of nitrogens with zero attached hydrogens (tertiary/aromatic N) is 3. The quantitative estimate of drug-likeness (QED) is 0.159. The molecule has 7 atom stereocenters. The minimum Gasteiger partial charge on any atom is -0.493 e. The van der Waals surface area contributed by atoms with Crippen LogP contribution < -0.4 is 29.4 Å². The largest absolute Gasteiger partial charge is 0.493 e. The zero-order valence-electron chi connectivity index (χ0n) is 28.2. The highest BCUT2D eigenvalue weighted by molar-refractivity contribution is 7.99. The lowest BCUT2D eigenvalue weighted by atomic mass is 9.71. The van der Waals surface area contributed by atoms with Gasteiger partial charge in [-0.05, 0) is 45.4 Å². The number of rotatable bonds is 11. The number of aryl methyl sites for hydroxylation is 1. The number of nitrogens with two attached hydrogens (primary N) is 1. The average Bonchev–Trinajstić information content (AvgIpc) is 3.54. The van der Waals surface area contributed by atoms with Crippen LogP contribution in [0.2, 0.25) is 0 Å². The third kappa shape index (κ3) is 5.42. The molecule has 14 heteroatoms. The van der Waals surface area contributed by atoms with E-state index < -0.39 is 29.3 Å². The summed E-state index contributed by atoms with van der Waals surface area (Å²) in [7, 11) is 5.21. The molecule has 1 fully saturated rings. The number of carbonyl (C=O) groups excluding carboxylic acids is 2. The maximum Gasteiger partial charge on any atom is 0.308 e. The first-order valence-corrected chi connectivity index (χ1v) is 16.9. The van der Waals surface area contributed by atoms with Gasteiger partial charge in [-0.3, -0.25) is 19.4 Å². The summed E-state index contributed by atoms with van der Waals surface area (Å²) in [4.78, 5) is 28.9. The number of thioether (sulfide) groups is 1. The second kappa shape index (κ2) is 13.6. The molecule has 6 rings (SSSR count). The Morgan fingerprint density at radius 2 is 1.94 bits per heavy atom. The van der Waals surface area contributed by atoms with Crippen LogP contribution in [0.15, 0.2) is 6.07 Å². The topological polar surface area (TPSA) is 155 Å². The van der Waals surface area contributed by atoms with E-state index in [1.54, 1.807) is 26.0 Å². The maximum atomic E-state index is 12.7. The Kier molecular flexibility index (Phi) is 9.70. The molecule has 2 unspecified atom stereocenters. The summed E-state index contributed by atoms with van der Waals surface area (Å²) in [5.41, 5.74) is 11.3. The smallest absolute Gasteiger partial charge is 0.308 e. The van der Waals surface area contributed by atoms with E-state index in [0.29, 0.717) is 58.5 Å². The number of hydrogen-bond acceptors (Lipinski definition) is 14. The van der Waals surface area contributed by atoms with Crippen LogP contribution >= 0.6 is 11.8 Å². The molecule has 13 nitrogen and oxygen atoms in total. The van der Waals surface area contributed by atoms with Crippen molar-refractivity contribution in [3.63, 3.8) is 0 Å². The fraction of sp³-hybridized carbons (Fsp3) is 0.559. The first-order chi connectivity index (χ1) is 23.1. The van der Waals surface area contributed by atoms with Gasteiger partial charge in [-0.1, -0.05) is 6.07 Å². The Morgan fingerprint density at radius 3 is 2.58 bits per heavy atom. The van der Waals surface area contributed by atoms with Gasteiger partial charge >= 0.3 is 5.97 Å². The number of methoxy groups -OCH3 is 2. The SMILES string of the molecule is COCOc1c(OC)c(C)cc2c1[C@@H]1C3[C@H](SC[C@@H](C)N)c4c(OC(C)=O)c(C)c5c(c4[C@H](COC=O)N3[C@@H](C#N)C(C2)N1C)OCO5. The normalized spacial score (nSPS) is 26.0. The van der Waals surface area contributed by atoms with Gasteiger partial charge in [-0.2, -0.15) is 17.0 Å². The number of benzene rings is 2. The highest BCUT2D eigenvalue weighted by Gasteiger charge is 2.60. The van der Waals surface area contributed by atoms with Crippen LogP contribution in [0.3, 0.4) is 0 Å². The van der Waals surface area contributed by atoms with E-state index in [2.05, 4.69) is 21.9 Å². The van der Waals surface area contributed by atoms with Crippen molar-refractivity contribution in [2.24, 2.45) is 5.73 Å². The van der Waals surface area contributed by atoms with Gasteiger partial charge in [-0.15, -0.1) is 0 Å². The molecule has 4 heterocycles. The summed E-state index contributed by atoms with van der Waals surface area (Å²) in [5.74, 6) is 2.56. The van der Waals surface area contributed by atoms with Gasteiger partial charge in [0.25, 0.3) is 6.47 Å². The van der Waals surface area contributed by atoms with Crippen molar-refractivity contribution >= 4 is 24.2 Å². The van der Waals surface area contributed by atoms with Crippen molar-refractivity contribution in [1.82, 2.24) is 9.80 Å². The van der Waals surface area contributed by atoms with E-state index in [4.69, 9.17) is 38.9 Å². The third-order valence-electron chi connectivity index (χ3n) is 9.71. The first kappa shape index (κ1) is 34.1. The minimum absolute atomic E-state index is 0.00207. The average molecular weight is 683 g/mol. The lowest BCUT2D eigenvalue weighted by molar-refractivity contribution is -0.134. The van der Waals surface area contributed by atoms with E-state index >= 15 is 0 Å². The molecule has 4 aliphatic rings. The van der Waals surface area contributed by atoms with Gasteiger partial charge in [0.15, 0.2) is 29.8 Å². The zero-order valence-corrected chi connectivity index (χ0v) is 29.0. The molecule has 0 aliphatic carbocycles. The predicted octanol–water partition coefficient (Wildman–Crippen LogP) is 3.47. The Bertz CT molecular complexity index is 1650. The van der Waals surface area contributed by atoms with Crippen molar-refractivity contribution in [2.45, 2.75) is 75.6 Å². The summed E-state index contributed by atoms with van der Waals surface area (Å²) in [5, 5.41) is 10.6. The van der Waals surface area contributed by atoms with E-state index in [0.717, 1.165) is 22.3 Å². The second-order valence-corrected chi connectivity index (χ2v) is 13.9. The summed E-state index contributed by atoms with van der Waals surface area (Å²) >= 11 is 1.63. The first-order valence-electron chi connectivity index (χ1n) is 15.9. The Balaban J connectivity index is 1.71. The van der Waals surface area contributed by atoms with E-state index in [9.17, 15) is 14.9 Å². The molecule has 2 aromatic carbocycles. The highest BCUT2D eigenvalue weighted by atomic mass is 32.2. The number of piperazine rings is 1. The van der Waals surface area contributed by atoms with Crippen molar-refractivity contribution in [3.05, 3.63) is 39.4 Å². The fourth-order valence-corrected chi connectivity index (χ4v) is 9.46. The maximum absolute atomic E-state index is 12.7. The highest BCUT2D eigenvalue weighted by Crippen LogP contribution is 2.63. The predicted molar refractivity (Wildman–Crippen MR) is 175 cm³/mol. The summed E-state index contributed by atoms with van der Waals surface area (Å²) in [6.45, 7) is 7.41. The van der Waals surface area contributed by atoms with E-state index in [-0.39, 0.29) is 38.3 Å². The lowest BCUT2D eigenvalue weighted by Crippen LogP contribution is -2.69. The summed E-state index contributed by atoms with van der Waals surface area (Å²) in [6, 6.07) is 2.30. The van der Waals surface area contributed by atoms with Gasteiger partial charge in [0.05, 0.1) is 30.5 Å². The van der Waals surface area contributed by atoms with Crippen molar-refractivity contribution in [3.8, 4) is 34.8 Å². The Labute approximate surface area is 284 Å². The molecular formula is C34H42N4O9S. The number of nitriles is 1. The molecule has 2 N–H and O–H groups in total. The molecule has 2 bridgehead atoms. The molecule has 2 aromatic rings. The third-order valence-corrected chi connectivity index (χ3v) is 11.3. The monoisotopic (exact) mass is 682 g/mol. The van der Waals surface area contributed by atoms with Crippen molar-refractivity contribution in [1.29, 1.82) is 5.26 Å². The Hall–Kier alpha value is -3.74. The standard InChI is InChI=1S/C34H42N4O9S/c1-16-8-20-9-21-22(10-35)38-23(11-43-13-39)25-26(30(47-19(4)40)18(3)31-33(25)46-15-45-31)34(48-12-17(2)36)28(38)27(37(21)5)24(20)32(29(16)42-7)44-14-41-6/h8,13,17,21-23,27-28,34H,9,11-12,14-15,36H2,1-7H3/t17-,21?,22+,23+,27-,28?,34-/m1/s1.